The maximum Gasteiger partial charge on any atom is 0.309 e. The number of benzene rings is 1. The summed E-state index contributed by atoms with van der Waals surface area (Å²) in [6.45, 7) is 6.94. The fraction of sp³-hybridized carbons (Fsp3) is 0.579. The highest BCUT2D eigenvalue weighted by molar-refractivity contribution is 5.75. The van der Waals surface area contributed by atoms with Crippen LogP contribution in [-0.4, -0.2) is 40.9 Å². The van der Waals surface area contributed by atoms with Gasteiger partial charge in [0.2, 0.25) is 0 Å². The van der Waals surface area contributed by atoms with Crippen LogP contribution in [0.25, 0.3) is 0 Å². The van der Waals surface area contributed by atoms with Crippen LogP contribution in [0.1, 0.15) is 50.5 Å². The van der Waals surface area contributed by atoms with E-state index in [-0.39, 0.29) is 12.8 Å². The zero-order valence-electron chi connectivity index (χ0n) is 15.6. The first-order chi connectivity index (χ1) is 11.4. The highest BCUT2D eigenvalue weighted by Crippen LogP contribution is 2.31. The Morgan fingerprint density at radius 3 is 1.92 bits per heavy atom. The van der Waals surface area contributed by atoms with Crippen LogP contribution in [0.2, 0.25) is 0 Å². The second-order valence-electron chi connectivity index (χ2n) is 7.83. The summed E-state index contributed by atoms with van der Waals surface area (Å²) in [4.78, 5) is 22.9. The lowest BCUT2D eigenvalue weighted by Crippen LogP contribution is -2.29. The number of hydrogen-bond acceptors (Lipinski definition) is 4. The van der Waals surface area contributed by atoms with Crippen molar-refractivity contribution in [3.8, 4) is 0 Å². The van der Waals surface area contributed by atoms with Crippen LogP contribution in [0, 0.1) is 10.8 Å². The minimum absolute atomic E-state index is 0.257. The number of likely N-dealkylation sites (N-methyl/N-ethyl adjacent to an activating group) is 1. The van der Waals surface area contributed by atoms with E-state index in [1.54, 1.807) is 52.9 Å². The van der Waals surface area contributed by atoms with Crippen molar-refractivity contribution in [3.05, 3.63) is 34.9 Å². The highest BCUT2D eigenvalue weighted by Gasteiger charge is 2.32. The molecule has 1 aromatic rings. The summed E-state index contributed by atoms with van der Waals surface area (Å²) in [5.41, 5.74) is 0.279. The first-order valence-electron chi connectivity index (χ1n) is 8.32. The van der Waals surface area contributed by atoms with Gasteiger partial charge >= 0.3 is 11.9 Å². The van der Waals surface area contributed by atoms with E-state index in [9.17, 15) is 24.9 Å². The van der Waals surface area contributed by atoms with Crippen molar-refractivity contribution >= 4 is 11.9 Å². The van der Waals surface area contributed by atoms with Crippen LogP contribution in [0.4, 0.5) is 0 Å². The molecule has 0 amide bonds. The van der Waals surface area contributed by atoms with Crippen molar-refractivity contribution < 1.29 is 24.9 Å². The van der Waals surface area contributed by atoms with Crippen molar-refractivity contribution in [1.29, 1.82) is 0 Å². The molecule has 1 aromatic carbocycles. The molecule has 4 N–H and O–H groups in total. The first kappa shape index (κ1) is 21.1. The van der Waals surface area contributed by atoms with Crippen LogP contribution in [0.3, 0.4) is 0 Å². The second-order valence-corrected chi connectivity index (χ2v) is 7.83. The molecule has 0 aliphatic heterocycles. The average molecular weight is 351 g/mol. The Balaban J connectivity index is 3.31. The van der Waals surface area contributed by atoms with Gasteiger partial charge in [-0.2, -0.15) is 0 Å². The smallest absolute Gasteiger partial charge is 0.309 e. The number of nitrogens with one attached hydrogen (secondary N) is 1. The topological polar surface area (TPSA) is 107 Å². The molecule has 140 valence electrons. The number of aliphatic carboxylic acids is 2. The summed E-state index contributed by atoms with van der Waals surface area (Å²) in [7, 11) is 1.74. The monoisotopic (exact) mass is 351 g/mol. The molecule has 1 rings (SSSR count). The molecule has 0 bridgehead atoms. The molecule has 0 spiro atoms. The predicted molar refractivity (Wildman–Crippen MR) is 95.6 cm³/mol. The largest absolute Gasteiger partial charge is 0.481 e. The Morgan fingerprint density at radius 2 is 1.48 bits per heavy atom. The molecule has 6 heteroatoms. The number of rotatable bonds is 9. The predicted octanol–water partition coefficient (Wildman–Crippen LogP) is 2.25. The molecule has 0 aromatic heterocycles. The van der Waals surface area contributed by atoms with Crippen LogP contribution in [0.15, 0.2) is 18.2 Å². The Bertz CT molecular complexity index is 637. The van der Waals surface area contributed by atoms with Gasteiger partial charge in [-0.05, 0) is 64.3 Å². The van der Waals surface area contributed by atoms with E-state index in [4.69, 9.17) is 0 Å². The molecule has 0 fully saturated rings. The van der Waals surface area contributed by atoms with Gasteiger partial charge in [-0.1, -0.05) is 18.2 Å². The van der Waals surface area contributed by atoms with Gasteiger partial charge in [0.25, 0.3) is 0 Å². The maximum absolute atomic E-state index is 11.5. The molecule has 0 saturated carbocycles. The number of aliphatic hydroxyl groups excluding tert-OH is 1. The fourth-order valence-corrected chi connectivity index (χ4v) is 2.60. The summed E-state index contributed by atoms with van der Waals surface area (Å²) in [6, 6.07) is 5.36. The third-order valence-corrected chi connectivity index (χ3v) is 4.44. The quantitative estimate of drug-likeness (QED) is 0.544. The Morgan fingerprint density at radius 1 is 1.00 bits per heavy atom. The Kier molecular flexibility index (Phi) is 6.74. The summed E-state index contributed by atoms with van der Waals surface area (Å²) in [5.74, 6) is -1.83. The molecule has 0 heterocycles. The van der Waals surface area contributed by atoms with Gasteiger partial charge in [0.05, 0.1) is 16.9 Å². The number of carboxylic acid groups (broad SMARTS) is 2. The normalized spacial score (nSPS) is 13.5. The van der Waals surface area contributed by atoms with Crippen LogP contribution in [0.5, 0.6) is 0 Å². The minimum Gasteiger partial charge on any atom is -0.481 e. The molecular formula is C19H29NO5. The van der Waals surface area contributed by atoms with E-state index in [1.165, 1.54) is 0 Å². The lowest BCUT2D eigenvalue weighted by Gasteiger charge is -2.25. The molecule has 25 heavy (non-hydrogen) atoms. The maximum atomic E-state index is 11.5. The summed E-state index contributed by atoms with van der Waals surface area (Å²) >= 11 is 0. The first-order valence-corrected chi connectivity index (χ1v) is 8.32. The molecule has 1 atom stereocenters. The number of carboxylic acids is 2. The summed E-state index contributed by atoms with van der Waals surface area (Å²) in [5, 5.41) is 31.9. The van der Waals surface area contributed by atoms with Crippen molar-refractivity contribution in [3.63, 3.8) is 0 Å². The standard InChI is InChI=1S/C19H29NO5/c1-18(2,16(22)23)9-13-7-6-12(15(21)11-20-5)8-14(13)10-19(3,4)17(24)25/h6-8,15,20-21H,9-11H2,1-5H3,(H,22,23)(H,24,25). The van der Waals surface area contributed by atoms with Gasteiger partial charge in [0.15, 0.2) is 0 Å². The Hall–Kier alpha value is -1.92. The minimum atomic E-state index is -0.991. The van der Waals surface area contributed by atoms with E-state index < -0.39 is 28.9 Å². The van der Waals surface area contributed by atoms with E-state index in [2.05, 4.69) is 5.32 Å². The van der Waals surface area contributed by atoms with Crippen molar-refractivity contribution in [1.82, 2.24) is 5.32 Å². The van der Waals surface area contributed by atoms with Gasteiger partial charge < -0.3 is 20.6 Å². The number of hydrogen-bond donors (Lipinski definition) is 4. The molecule has 0 aliphatic rings. The van der Waals surface area contributed by atoms with Crippen LogP contribution < -0.4 is 5.32 Å². The van der Waals surface area contributed by atoms with Crippen molar-refractivity contribution in [2.45, 2.75) is 46.6 Å². The van der Waals surface area contributed by atoms with Crippen LogP contribution in [-0.2, 0) is 22.4 Å². The Labute approximate surface area is 148 Å². The molecule has 6 nitrogen and oxygen atoms in total. The zero-order valence-corrected chi connectivity index (χ0v) is 15.6. The lowest BCUT2D eigenvalue weighted by molar-refractivity contribution is -0.147. The third kappa shape index (κ3) is 5.54. The van der Waals surface area contributed by atoms with E-state index in [1.807, 2.05) is 0 Å². The SMILES string of the molecule is CNCC(O)c1ccc(CC(C)(C)C(=O)O)c(CC(C)(C)C(=O)O)c1. The van der Waals surface area contributed by atoms with E-state index >= 15 is 0 Å². The van der Waals surface area contributed by atoms with E-state index in [0.29, 0.717) is 12.1 Å². The van der Waals surface area contributed by atoms with Crippen molar-refractivity contribution in [2.24, 2.45) is 10.8 Å². The van der Waals surface area contributed by atoms with Gasteiger partial charge in [0.1, 0.15) is 0 Å². The molecule has 1 unspecified atom stereocenters. The molecule has 0 aliphatic carbocycles. The lowest BCUT2D eigenvalue weighted by atomic mass is 9.79. The van der Waals surface area contributed by atoms with Gasteiger partial charge in [0, 0.05) is 6.54 Å². The van der Waals surface area contributed by atoms with E-state index in [0.717, 1.165) is 11.1 Å². The van der Waals surface area contributed by atoms with Crippen LogP contribution >= 0.6 is 0 Å². The summed E-state index contributed by atoms with van der Waals surface area (Å²) in [6.07, 6.45) is -0.165. The second kappa shape index (κ2) is 7.97. The zero-order chi connectivity index (χ0) is 19.4. The molecule has 0 radical (unpaired) electrons. The number of aliphatic hydroxyl groups is 1. The molecular weight excluding hydrogens is 322 g/mol. The summed E-state index contributed by atoms with van der Waals surface area (Å²) < 4.78 is 0. The molecule has 0 saturated heterocycles. The van der Waals surface area contributed by atoms with Crippen molar-refractivity contribution in [2.75, 3.05) is 13.6 Å². The number of carbonyl (C=O) groups is 2. The van der Waals surface area contributed by atoms with Gasteiger partial charge in [-0.15, -0.1) is 0 Å². The van der Waals surface area contributed by atoms with Gasteiger partial charge in [-0.25, -0.2) is 0 Å². The highest BCUT2D eigenvalue weighted by atomic mass is 16.4. The third-order valence-electron chi connectivity index (χ3n) is 4.44. The van der Waals surface area contributed by atoms with Gasteiger partial charge in [-0.3, -0.25) is 9.59 Å². The average Bonchev–Trinajstić information content (AvgIpc) is 2.48. The fourth-order valence-electron chi connectivity index (χ4n) is 2.60.